The van der Waals surface area contributed by atoms with E-state index in [1.807, 2.05) is 0 Å². The van der Waals surface area contributed by atoms with Gasteiger partial charge in [-0.1, -0.05) is 0 Å². The second kappa shape index (κ2) is 4.91. The van der Waals surface area contributed by atoms with Crippen LogP contribution in [-0.2, 0) is 0 Å². The fourth-order valence-corrected chi connectivity index (χ4v) is 1.96. The number of nitrogens with zero attached hydrogens (tertiary/aromatic N) is 2. The highest BCUT2D eigenvalue weighted by Gasteiger charge is 2.21. The van der Waals surface area contributed by atoms with Crippen LogP contribution in [0.2, 0.25) is 0 Å². The van der Waals surface area contributed by atoms with Gasteiger partial charge >= 0.3 is 0 Å². The third-order valence-electron chi connectivity index (χ3n) is 2.75. The Hall–Kier alpha value is -0.160. The molecule has 0 aromatic heterocycles. The Morgan fingerprint density at radius 1 is 1.08 bits per heavy atom. The Labute approximate surface area is 80.1 Å². The molecular weight excluding hydrogens is 164 g/mol. The molecule has 2 fully saturated rings. The fraction of sp³-hybridized carbons (Fsp3) is 1.00. The topological polar surface area (TPSA) is 41.4 Å². The lowest BCUT2D eigenvalue weighted by Gasteiger charge is -2.33. The number of nitrogens with one attached hydrogen (secondary N) is 2. The zero-order chi connectivity index (χ0) is 8.93. The van der Waals surface area contributed by atoms with Crippen molar-refractivity contribution in [2.45, 2.75) is 12.6 Å². The first kappa shape index (κ1) is 9.40. The molecule has 75 valence electrons. The molecule has 1 atom stereocenters. The molecule has 2 rings (SSSR count). The van der Waals surface area contributed by atoms with Crippen molar-refractivity contribution >= 4 is 0 Å². The van der Waals surface area contributed by atoms with E-state index in [1.54, 1.807) is 0 Å². The van der Waals surface area contributed by atoms with Gasteiger partial charge in [0.2, 0.25) is 0 Å². The summed E-state index contributed by atoms with van der Waals surface area (Å²) in [5.74, 6) is 0. The molecule has 0 aromatic carbocycles. The van der Waals surface area contributed by atoms with Gasteiger partial charge in [0.05, 0.1) is 6.17 Å². The van der Waals surface area contributed by atoms with Gasteiger partial charge in [-0.15, -0.1) is 0 Å². The Morgan fingerprint density at radius 3 is 2.77 bits per heavy atom. The highest BCUT2D eigenvalue weighted by molar-refractivity contribution is 4.78. The lowest BCUT2D eigenvalue weighted by Crippen LogP contribution is -2.54. The van der Waals surface area contributed by atoms with Gasteiger partial charge in [-0.25, -0.2) is 5.32 Å². The minimum Gasteiger partial charge on any atom is -0.314 e. The van der Waals surface area contributed by atoms with Gasteiger partial charge in [-0.3, -0.25) is 4.90 Å². The van der Waals surface area contributed by atoms with Crippen molar-refractivity contribution in [1.29, 1.82) is 0 Å². The minimum atomic E-state index is 0.435. The van der Waals surface area contributed by atoms with Crippen LogP contribution < -0.4 is 16.0 Å². The van der Waals surface area contributed by atoms with Crippen LogP contribution in [0, 0.1) is 0 Å². The predicted octanol–water partition coefficient (Wildman–Crippen LogP) is -1.18. The molecule has 2 N–H and O–H groups in total. The Kier molecular flexibility index (Phi) is 3.55. The summed E-state index contributed by atoms with van der Waals surface area (Å²) in [7, 11) is 0. The van der Waals surface area contributed by atoms with E-state index in [0.29, 0.717) is 6.17 Å². The molecule has 4 nitrogen and oxygen atoms in total. The molecule has 0 bridgehead atoms. The van der Waals surface area contributed by atoms with Crippen molar-refractivity contribution in [1.82, 2.24) is 20.9 Å². The number of hydrogen-bond acceptors (Lipinski definition) is 3. The van der Waals surface area contributed by atoms with E-state index in [2.05, 4.69) is 20.9 Å². The van der Waals surface area contributed by atoms with Crippen LogP contribution in [-0.4, -0.2) is 56.9 Å². The maximum absolute atomic E-state index is 4.68. The minimum absolute atomic E-state index is 0.435. The molecule has 0 amide bonds. The van der Waals surface area contributed by atoms with E-state index in [1.165, 1.54) is 6.42 Å². The van der Waals surface area contributed by atoms with Gasteiger partial charge < -0.3 is 10.6 Å². The van der Waals surface area contributed by atoms with Crippen LogP contribution in [0.4, 0.5) is 0 Å². The number of piperazine rings is 1. The Morgan fingerprint density at radius 2 is 1.92 bits per heavy atom. The van der Waals surface area contributed by atoms with Crippen LogP contribution in [0.25, 0.3) is 0 Å². The van der Waals surface area contributed by atoms with Crippen LogP contribution >= 0.6 is 0 Å². The number of hydrogen-bond donors (Lipinski definition) is 2. The van der Waals surface area contributed by atoms with Crippen LogP contribution in [0.1, 0.15) is 6.42 Å². The first-order chi connectivity index (χ1) is 6.47. The van der Waals surface area contributed by atoms with Crippen molar-refractivity contribution in [3.8, 4) is 0 Å². The van der Waals surface area contributed by atoms with Gasteiger partial charge in [-0.2, -0.15) is 0 Å². The highest BCUT2D eigenvalue weighted by atomic mass is 15.3. The van der Waals surface area contributed by atoms with Crippen molar-refractivity contribution in [3.05, 3.63) is 0 Å². The molecule has 0 saturated carbocycles. The fourth-order valence-electron chi connectivity index (χ4n) is 1.96. The van der Waals surface area contributed by atoms with Crippen molar-refractivity contribution in [2.24, 2.45) is 0 Å². The molecule has 2 saturated heterocycles. The zero-order valence-corrected chi connectivity index (χ0v) is 8.13. The summed E-state index contributed by atoms with van der Waals surface area (Å²) >= 11 is 0. The monoisotopic (exact) mass is 183 g/mol. The van der Waals surface area contributed by atoms with E-state index in [-0.39, 0.29) is 0 Å². The molecule has 0 aliphatic carbocycles. The average molecular weight is 183 g/mol. The van der Waals surface area contributed by atoms with Gasteiger partial charge in [-0.05, 0) is 13.0 Å². The number of rotatable bonds is 1. The van der Waals surface area contributed by atoms with E-state index in [4.69, 9.17) is 0 Å². The molecule has 2 aliphatic rings. The molecule has 1 unspecified atom stereocenters. The first-order valence-corrected chi connectivity index (χ1v) is 5.29. The molecule has 0 aromatic rings. The summed E-state index contributed by atoms with van der Waals surface area (Å²) < 4.78 is 0. The second-order valence-electron chi connectivity index (χ2n) is 3.73. The maximum atomic E-state index is 4.68. The molecule has 0 spiro atoms. The molecule has 4 heteroatoms. The van der Waals surface area contributed by atoms with E-state index in [0.717, 1.165) is 45.8 Å². The Balaban J connectivity index is 1.82. The smallest absolute Gasteiger partial charge is 0.0887 e. The van der Waals surface area contributed by atoms with Gasteiger partial charge in [0.15, 0.2) is 0 Å². The van der Waals surface area contributed by atoms with Gasteiger partial charge in [0.1, 0.15) is 0 Å². The van der Waals surface area contributed by atoms with Crippen molar-refractivity contribution in [2.75, 3.05) is 45.8 Å². The normalized spacial score (nSPS) is 32.8. The maximum Gasteiger partial charge on any atom is 0.0887 e. The van der Waals surface area contributed by atoms with E-state index in [9.17, 15) is 0 Å². The third kappa shape index (κ3) is 2.64. The van der Waals surface area contributed by atoms with E-state index >= 15 is 0 Å². The first-order valence-electron chi connectivity index (χ1n) is 5.29. The average Bonchev–Trinajstić information content (AvgIpc) is 2.47. The summed E-state index contributed by atoms with van der Waals surface area (Å²) in [4.78, 5) is 2.48. The quantitative estimate of drug-likeness (QED) is 0.537. The standard InChI is InChI=1S/C9H19N4/c1-2-11-8-9(12-3-1)13-6-4-10-5-7-13/h9-11H,1-8H2. The van der Waals surface area contributed by atoms with Crippen LogP contribution in [0.5, 0.6) is 0 Å². The van der Waals surface area contributed by atoms with Gasteiger partial charge in [0, 0.05) is 39.3 Å². The van der Waals surface area contributed by atoms with Crippen LogP contribution in [0.15, 0.2) is 0 Å². The lowest BCUT2D eigenvalue weighted by molar-refractivity contribution is 0.147. The highest BCUT2D eigenvalue weighted by Crippen LogP contribution is 2.01. The summed E-state index contributed by atoms with van der Waals surface area (Å²) in [6.45, 7) is 7.73. The molecule has 13 heavy (non-hydrogen) atoms. The predicted molar refractivity (Wildman–Crippen MR) is 52.7 cm³/mol. The molecule has 1 radical (unpaired) electrons. The largest absolute Gasteiger partial charge is 0.314 e. The summed E-state index contributed by atoms with van der Waals surface area (Å²) in [5.41, 5.74) is 0. The lowest BCUT2D eigenvalue weighted by atomic mass is 10.3. The van der Waals surface area contributed by atoms with Crippen molar-refractivity contribution in [3.63, 3.8) is 0 Å². The molecule has 2 heterocycles. The zero-order valence-electron chi connectivity index (χ0n) is 8.13. The summed E-state index contributed by atoms with van der Waals surface area (Å²) in [6.07, 6.45) is 1.63. The van der Waals surface area contributed by atoms with Crippen LogP contribution in [0.3, 0.4) is 0 Å². The molecule has 2 aliphatic heterocycles. The Bertz CT molecular complexity index is 137. The third-order valence-corrected chi connectivity index (χ3v) is 2.75. The summed E-state index contributed by atoms with van der Waals surface area (Å²) in [6, 6.07) is 0. The summed E-state index contributed by atoms with van der Waals surface area (Å²) in [5, 5.41) is 11.5. The molecular formula is C9H19N4. The second-order valence-corrected chi connectivity index (χ2v) is 3.73. The van der Waals surface area contributed by atoms with E-state index < -0.39 is 0 Å². The van der Waals surface area contributed by atoms with Crippen molar-refractivity contribution < 1.29 is 0 Å². The SMILES string of the molecule is C1C[N]C(N2CCNCC2)CNC1. The van der Waals surface area contributed by atoms with Gasteiger partial charge in [0.25, 0.3) is 0 Å².